The molecule has 6 nitrogen and oxygen atoms in total. The third-order valence-corrected chi connectivity index (χ3v) is 1.98. The van der Waals surface area contributed by atoms with Crippen LogP contribution in [0.1, 0.15) is 32.1 Å². The summed E-state index contributed by atoms with van der Waals surface area (Å²) in [6, 6.07) is 1.99. The van der Waals surface area contributed by atoms with Crippen molar-refractivity contribution in [2.75, 3.05) is 0 Å². The van der Waals surface area contributed by atoms with E-state index >= 15 is 0 Å². The summed E-state index contributed by atoms with van der Waals surface area (Å²) >= 11 is 0. The lowest BCUT2D eigenvalue weighted by Crippen LogP contribution is -2.05. The van der Waals surface area contributed by atoms with Crippen LogP contribution in [0.5, 0.6) is 0 Å². The highest BCUT2D eigenvalue weighted by Gasteiger charge is 2.12. The van der Waals surface area contributed by atoms with Crippen LogP contribution in [-0.4, -0.2) is 17.0 Å². The highest BCUT2D eigenvalue weighted by molar-refractivity contribution is 5.70. The molecule has 0 aliphatic rings. The first kappa shape index (κ1) is 13.9. The number of nitriles is 2. The lowest BCUT2D eigenvalue weighted by molar-refractivity contribution is -0.138. The zero-order chi connectivity index (χ0) is 12.4. The highest BCUT2D eigenvalue weighted by Crippen LogP contribution is 2.14. The number of hydrogen-bond acceptors (Lipinski definition) is 5. The maximum Gasteiger partial charge on any atom is 0.321 e. The van der Waals surface area contributed by atoms with Crippen LogP contribution in [0, 0.1) is 28.8 Å². The van der Waals surface area contributed by atoms with Crippen molar-refractivity contribution in [3.63, 3.8) is 0 Å². The number of aliphatic carboxylic acids is 1. The van der Waals surface area contributed by atoms with Gasteiger partial charge >= 0.3 is 11.9 Å². The van der Waals surface area contributed by atoms with Crippen molar-refractivity contribution in [1.82, 2.24) is 0 Å². The lowest BCUT2D eigenvalue weighted by Gasteiger charge is -2.05. The first-order valence-corrected chi connectivity index (χ1v) is 4.80. The second-order valence-electron chi connectivity index (χ2n) is 3.22. The van der Waals surface area contributed by atoms with Crippen LogP contribution in [0.4, 0.5) is 0 Å². The van der Waals surface area contributed by atoms with Crippen molar-refractivity contribution < 1.29 is 19.4 Å². The number of carboxylic acid groups (broad SMARTS) is 1. The Kier molecular flexibility index (Phi) is 7.17. The molecule has 0 aliphatic heterocycles. The third-order valence-electron chi connectivity index (χ3n) is 1.98. The van der Waals surface area contributed by atoms with Gasteiger partial charge in [-0.15, -0.1) is 5.26 Å². The van der Waals surface area contributed by atoms with Crippen LogP contribution in [0.15, 0.2) is 0 Å². The Morgan fingerprint density at radius 1 is 1.25 bits per heavy atom. The van der Waals surface area contributed by atoms with E-state index in [1.165, 1.54) is 6.26 Å². The number of esters is 1. The van der Waals surface area contributed by atoms with E-state index in [0.717, 1.165) is 0 Å². The minimum atomic E-state index is -0.902. The monoisotopic (exact) mass is 224 g/mol. The number of carbonyl (C=O) groups is 2. The van der Waals surface area contributed by atoms with Crippen molar-refractivity contribution in [3.05, 3.63) is 0 Å². The molecule has 0 fully saturated rings. The Bertz CT molecular complexity index is 327. The van der Waals surface area contributed by atoms with Gasteiger partial charge < -0.3 is 9.84 Å². The van der Waals surface area contributed by atoms with Crippen LogP contribution >= 0.6 is 0 Å². The number of hydrogen-bond donors (Lipinski definition) is 1. The fourth-order valence-electron chi connectivity index (χ4n) is 1.17. The molecule has 0 amide bonds. The standard InChI is InChI=1S/C10H12N2O4/c11-6-8(2-1-3-9(13)14)4-5-10(15)16-7-12/h8H,1-5H2,(H,13,14). The second-order valence-corrected chi connectivity index (χ2v) is 3.22. The van der Waals surface area contributed by atoms with Gasteiger partial charge in [0.25, 0.3) is 6.26 Å². The molecule has 86 valence electrons. The molecule has 0 radical (unpaired) electrons. The van der Waals surface area contributed by atoms with Gasteiger partial charge in [0.05, 0.1) is 6.07 Å². The molecule has 0 saturated carbocycles. The van der Waals surface area contributed by atoms with E-state index in [1.54, 1.807) is 0 Å². The Labute approximate surface area is 93.0 Å². The molecular formula is C10H12N2O4. The number of ether oxygens (including phenoxy) is 1. The molecule has 0 aliphatic carbocycles. The minimum absolute atomic E-state index is 0.00113. The van der Waals surface area contributed by atoms with Gasteiger partial charge in [-0.25, -0.2) is 0 Å². The van der Waals surface area contributed by atoms with Crippen molar-refractivity contribution in [2.45, 2.75) is 32.1 Å². The van der Waals surface area contributed by atoms with Gasteiger partial charge in [-0.3, -0.25) is 9.59 Å². The highest BCUT2D eigenvalue weighted by atomic mass is 16.5. The maximum atomic E-state index is 10.8. The first-order valence-electron chi connectivity index (χ1n) is 4.80. The summed E-state index contributed by atoms with van der Waals surface area (Å²) in [5, 5.41) is 25.2. The number of carbonyl (C=O) groups excluding carboxylic acids is 1. The zero-order valence-electron chi connectivity index (χ0n) is 8.68. The Morgan fingerprint density at radius 3 is 2.44 bits per heavy atom. The average molecular weight is 224 g/mol. The van der Waals surface area contributed by atoms with Gasteiger partial charge in [-0.05, 0) is 19.3 Å². The van der Waals surface area contributed by atoms with Crippen molar-refractivity contribution in [3.8, 4) is 12.3 Å². The molecule has 1 unspecified atom stereocenters. The Hall–Kier alpha value is -2.08. The average Bonchev–Trinajstić information content (AvgIpc) is 2.23. The topological polar surface area (TPSA) is 111 Å². The predicted molar refractivity (Wildman–Crippen MR) is 51.5 cm³/mol. The van der Waals surface area contributed by atoms with Gasteiger partial charge in [0.1, 0.15) is 0 Å². The largest absolute Gasteiger partial charge is 0.481 e. The van der Waals surface area contributed by atoms with Gasteiger partial charge in [0.15, 0.2) is 0 Å². The normalized spacial score (nSPS) is 10.9. The minimum Gasteiger partial charge on any atom is -0.481 e. The summed E-state index contributed by atoms with van der Waals surface area (Å²) in [4.78, 5) is 21.0. The van der Waals surface area contributed by atoms with Crippen LogP contribution in [-0.2, 0) is 14.3 Å². The summed E-state index contributed by atoms with van der Waals surface area (Å²) in [6.45, 7) is 0. The number of nitrogens with zero attached hydrogens (tertiary/aromatic N) is 2. The van der Waals surface area contributed by atoms with Crippen molar-refractivity contribution in [2.24, 2.45) is 5.92 Å². The summed E-state index contributed by atoms with van der Waals surface area (Å²) in [5.74, 6) is -1.94. The second kappa shape index (κ2) is 8.25. The third kappa shape index (κ3) is 7.34. The molecule has 0 heterocycles. The van der Waals surface area contributed by atoms with E-state index in [9.17, 15) is 9.59 Å². The van der Waals surface area contributed by atoms with E-state index in [0.29, 0.717) is 12.8 Å². The lowest BCUT2D eigenvalue weighted by atomic mass is 9.98. The fourth-order valence-corrected chi connectivity index (χ4v) is 1.17. The Balaban J connectivity index is 3.77. The van der Waals surface area contributed by atoms with Crippen LogP contribution in [0.25, 0.3) is 0 Å². The van der Waals surface area contributed by atoms with Crippen LogP contribution in [0.3, 0.4) is 0 Å². The van der Waals surface area contributed by atoms with Gasteiger partial charge in [-0.1, -0.05) is 0 Å². The molecule has 0 aromatic carbocycles. The molecule has 0 rings (SSSR count). The van der Waals surface area contributed by atoms with Gasteiger partial charge in [-0.2, -0.15) is 5.26 Å². The van der Waals surface area contributed by atoms with Crippen molar-refractivity contribution >= 4 is 11.9 Å². The summed E-state index contributed by atoms with van der Waals surface area (Å²) in [6.07, 6.45) is 2.40. The van der Waals surface area contributed by atoms with E-state index in [4.69, 9.17) is 15.6 Å². The molecule has 16 heavy (non-hydrogen) atoms. The molecule has 6 heteroatoms. The molecule has 0 saturated heterocycles. The molecular weight excluding hydrogens is 212 g/mol. The van der Waals surface area contributed by atoms with Gasteiger partial charge in [0, 0.05) is 18.8 Å². The fraction of sp³-hybridized carbons (Fsp3) is 0.600. The van der Waals surface area contributed by atoms with E-state index in [2.05, 4.69) is 4.74 Å². The quantitative estimate of drug-likeness (QED) is 0.513. The van der Waals surface area contributed by atoms with Crippen LogP contribution < -0.4 is 0 Å². The van der Waals surface area contributed by atoms with Crippen LogP contribution in [0.2, 0.25) is 0 Å². The van der Waals surface area contributed by atoms with Gasteiger partial charge in [0.2, 0.25) is 0 Å². The molecule has 0 aromatic heterocycles. The zero-order valence-corrected chi connectivity index (χ0v) is 8.68. The molecule has 1 atom stereocenters. The Morgan fingerprint density at radius 2 is 1.94 bits per heavy atom. The van der Waals surface area contributed by atoms with E-state index in [-0.39, 0.29) is 25.2 Å². The summed E-state index contributed by atoms with van der Waals surface area (Å²) in [5.41, 5.74) is 0. The molecule has 1 N–H and O–H groups in total. The smallest absolute Gasteiger partial charge is 0.321 e. The van der Waals surface area contributed by atoms with E-state index in [1.807, 2.05) is 6.07 Å². The van der Waals surface area contributed by atoms with Crippen molar-refractivity contribution in [1.29, 1.82) is 10.5 Å². The summed E-state index contributed by atoms with van der Waals surface area (Å²) in [7, 11) is 0. The maximum absolute atomic E-state index is 10.8. The van der Waals surface area contributed by atoms with E-state index < -0.39 is 11.9 Å². The predicted octanol–water partition coefficient (Wildman–Crippen LogP) is 1.19. The summed E-state index contributed by atoms with van der Waals surface area (Å²) < 4.78 is 4.04. The number of rotatable bonds is 7. The molecule has 0 spiro atoms. The SMILES string of the molecule is N#COC(=O)CCC(C#N)CCCC(=O)O. The first-order chi connectivity index (χ1) is 7.60. The number of carboxylic acids is 1. The molecule has 0 bridgehead atoms. The molecule has 0 aromatic rings.